The fourth-order valence-corrected chi connectivity index (χ4v) is 2.46. The van der Waals surface area contributed by atoms with Crippen LogP contribution in [0.5, 0.6) is 0 Å². The first kappa shape index (κ1) is 10.7. The Hall–Kier alpha value is -1.39. The minimum Gasteiger partial charge on any atom is -0.375 e. The zero-order valence-electron chi connectivity index (χ0n) is 10.2. The molecule has 1 aromatic carbocycles. The van der Waals surface area contributed by atoms with Gasteiger partial charge in [0.05, 0.1) is 11.1 Å². The maximum atomic E-state index is 5.65. The first-order chi connectivity index (χ1) is 8.24. The van der Waals surface area contributed by atoms with Crippen molar-refractivity contribution in [2.24, 2.45) is 7.05 Å². The van der Waals surface area contributed by atoms with Crippen molar-refractivity contribution in [2.75, 3.05) is 20.2 Å². The summed E-state index contributed by atoms with van der Waals surface area (Å²) in [5.74, 6) is 0. The highest BCUT2D eigenvalue weighted by Gasteiger charge is 2.38. The number of benzene rings is 1. The van der Waals surface area contributed by atoms with Gasteiger partial charge >= 0.3 is 0 Å². The van der Waals surface area contributed by atoms with Crippen molar-refractivity contribution in [3.05, 3.63) is 30.0 Å². The second-order valence-corrected chi connectivity index (χ2v) is 4.75. The highest BCUT2D eigenvalue weighted by atomic mass is 16.5. The van der Waals surface area contributed by atoms with E-state index in [2.05, 4.69) is 28.6 Å². The number of aryl methyl sites for hydroxylation is 1. The van der Waals surface area contributed by atoms with Gasteiger partial charge in [-0.25, -0.2) is 0 Å². The molecule has 0 atom stereocenters. The van der Waals surface area contributed by atoms with Crippen LogP contribution in [0.15, 0.2) is 24.3 Å². The molecule has 0 spiro atoms. The van der Waals surface area contributed by atoms with Crippen LogP contribution in [0.4, 0.5) is 0 Å². The van der Waals surface area contributed by atoms with E-state index in [0.717, 1.165) is 25.0 Å². The van der Waals surface area contributed by atoms with E-state index in [4.69, 9.17) is 4.74 Å². The normalized spacial score (nSPS) is 18.2. The highest BCUT2D eigenvalue weighted by molar-refractivity contribution is 5.81. The lowest BCUT2D eigenvalue weighted by atomic mass is 9.90. The van der Waals surface area contributed by atoms with Crippen LogP contribution in [0.1, 0.15) is 5.69 Å². The van der Waals surface area contributed by atoms with Crippen molar-refractivity contribution in [2.45, 2.75) is 12.0 Å². The van der Waals surface area contributed by atoms with Gasteiger partial charge in [0.25, 0.3) is 0 Å². The van der Waals surface area contributed by atoms with Crippen LogP contribution in [-0.4, -0.2) is 35.6 Å². The number of hydrogen-bond donors (Lipinski definition) is 1. The Balaban J connectivity index is 2.02. The summed E-state index contributed by atoms with van der Waals surface area (Å²) in [4.78, 5) is 0. The molecular formula is C13H17N3O. The van der Waals surface area contributed by atoms with Crippen molar-refractivity contribution in [1.29, 1.82) is 0 Å². The van der Waals surface area contributed by atoms with Crippen molar-refractivity contribution >= 4 is 10.9 Å². The van der Waals surface area contributed by atoms with Gasteiger partial charge in [-0.05, 0) is 6.07 Å². The minimum absolute atomic E-state index is 0.0451. The maximum absolute atomic E-state index is 5.65. The Labute approximate surface area is 101 Å². The standard InChI is InChI=1S/C13H17N3O/c1-16-12(7-13(17-2)8-14-9-13)10-5-3-4-6-11(10)15-16/h3-6,14H,7-9H2,1-2H3. The van der Waals surface area contributed by atoms with Gasteiger partial charge in [-0.1, -0.05) is 18.2 Å². The summed E-state index contributed by atoms with van der Waals surface area (Å²) in [6, 6.07) is 8.27. The Morgan fingerprint density at radius 2 is 2.18 bits per heavy atom. The number of rotatable bonds is 3. The summed E-state index contributed by atoms with van der Waals surface area (Å²) >= 11 is 0. The predicted octanol–water partition coefficient (Wildman–Crippen LogP) is 1.10. The smallest absolute Gasteiger partial charge is 0.0981 e. The fourth-order valence-electron chi connectivity index (χ4n) is 2.46. The highest BCUT2D eigenvalue weighted by Crippen LogP contribution is 2.26. The average Bonchev–Trinajstić information content (AvgIpc) is 2.60. The van der Waals surface area contributed by atoms with E-state index in [1.807, 2.05) is 17.8 Å². The van der Waals surface area contributed by atoms with Crippen molar-refractivity contribution < 1.29 is 4.74 Å². The summed E-state index contributed by atoms with van der Waals surface area (Å²) in [5.41, 5.74) is 2.27. The number of nitrogens with one attached hydrogen (secondary N) is 1. The third-order valence-corrected chi connectivity index (χ3v) is 3.68. The minimum atomic E-state index is -0.0451. The van der Waals surface area contributed by atoms with Crippen molar-refractivity contribution in [3.63, 3.8) is 0 Å². The molecule has 4 heteroatoms. The third-order valence-electron chi connectivity index (χ3n) is 3.68. The molecule has 1 fully saturated rings. The molecule has 2 aromatic rings. The Kier molecular flexibility index (Phi) is 2.42. The molecule has 0 saturated carbocycles. The fraction of sp³-hybridized carbons (Fsp3) is 0.462. The molecule has 4 nitrogen and oxygen atoms in total. The van der Waals surface area contributed by atoms with Gasteiger partial charge in [-0.15, -0.1) is 0 Å². The molecule has 1 N–H and O–H groups in total. The first-order valence-electron chi connectivity index (χ1n) is 5.91. The molecule has 3 rings (SSSR count). The monoisotopic (exact) mass is 231 g/mol. The molecule has 0 radical (unpaired) electrons. The number of hydrogen-bond acceptors (Lipinski definition) is 3. The molecular weight excluding hydrogens is 214 g/mol. The summed E-state index contributed by atoms with van der Waals surface area (Å²) in [7, 11) is 3.80. The van der Waals surface area contributed by atoms with E-state index < -0.39 is 0 Å². The van der Waals surface area contributed by atoms with E-state index in [-0.39, 0.29) is 5.60 Å². The third kappa shape index (κ3) is 1.64. The Morgan fingerprint density at radius 1 is 1.41 bits per heavy atom. The molecule has 17 heavy (non-hydrogen) atoms. The second kappa shape index (κ2) is 3.82. The van der Waals surface area contributed by atoms with Crippen LogP contribution in [0.2, 0.25) is 0 Å². The van der Waals surface area contributed by atoms with E-state index >= 15 is 0 Å². The van der Waals surface area contributed by atoms with E-state index in [9.17, 15) is 0 Å². The lowest BCUT2D eigenvalue weighted by Crippen LogP contribution is -2.62. The second-order valence-electron chi connectivity index (χ2n) is 4.75. The SMILES string of the molecule is COC1(Cc2c3ccccc3nn2C)CNC1. The van der Waals surface area contributed by atoms with Gasteiger partial charge in [0.15, 0.2) is 0 Å². The zero-order valence-corrected chi connectivity index (χ0v) is 10.2. The maximum Gasteiger partial charge on any atom is 0.0981 e. The molecule has 0 amide bonds. The van der Waals surface area contributed by atoms with Crippen molar-refractivity contribution in [1.82, 2.24) is 15.1 Å². The number of nitrogens with zero attached hydrogens (tertiary/aromatic N) is 2. The number of fused-ring (bicyclic) bond motifs is 1. The molecule has 2 heterocycles. The molecule has 1 saturated heterocycles. The summed E-state index contributed by atoms with van der Waals surface area (Å²) in [5, 5.41) is 9.04. The average molecular weight is 231 g/mol. The molecule has 1 aliphatic heterocycles. The predicted molar refractivity (Wildman–Crippen MR) is 67.0 cm³/mol. The Bertz CT molecular complexity index is 537. The first-order valence-corrected chi connectivity index (χ1v) is 5.91. The molecule has 0 unspecified atom stereocenters. The van der Waals surface area contributed by atoms with Gasteiger partial charge in [0.2, 0.25) is 0 Å². The Morgan fingerprint density at radius 3 is 2.82 bits per heavy atom. The number of aromatic nitrogens is 2. The lowest BCUT2D eigenvalue weighted by molar-refractivity contribution is -0.0511. The molecule has 90 valence electrons. The largest absolute Gasteiger partial charge is 0.375 e. The van der Waals surface area contributed by atoms with Gasteiger partial charge < -0.3 is 10.1 Å². The number of methoxy groups -OCH3 is 1. The summed E-state index contributed by atoms with van der Waals surface area (Å²) in [6.45, 7) is 1.84. The van der Waals surface area contributed by atoms with Gasteiger partial charge in [0.1, 0.15) is 0 Å². The van der Waals surface area contributed by atoms with Gasteiger partial charge in [0, 0.05) is 44.7 Å². The number of ether oxygens (including phenoxy) is 1. The lowest BCUT2D eigenvalue weighted by Gasteiger charge is -2.41. The molecule has 1 aliphatic rings. The van der Waals surface area contributed by atoms with Gasteiger partial charge in [-0.3, -0.25) is 4.68 Å². The van der Waals surface area contributed by atoms with E-state index in [1.165, 1.54) is 11.1 Å². The quantitative estimate of drug-likeness (QED) is 0.860. The van der Waals surface area contributed by atoms with Crippen LogP contribution >= 0.6 is 0 Å². The zero-order chi connectivity index (χ0) is 11.9. The summed E-state index contributed by atoms with van der Waals surface area (Å²) in [6.07, 6.45) is 0.910. The molecule has 0 aliphatic carbocycles. The summed E-state index contributed by atoms with van der Waals surface area (Å²) < 4.78 is 7.62. The van der Waals surface area contributed by atoms with Crippen LogP contribution in [0.25, 0.3) is 10.9 Å². The topological polar surface area (TPSA) is 39.1 Å². The van der Waals surface area contributed by atoms with Crippen LogP contribution in [-0.2, 0) is 18.2 Å². The van der Waals surface area contributed by atoms with Crippen LogP contribution < -0.4 is 5.32 Å². The van der Waals surface area contributed by atoms with Crippen molar-refractivity contribution in [3.8, 4) is 0 Å². The van der Waals surface area contributed by atoms with Gasteiger partial charge in [-0.2, -0.15) is 5.10 Å². The van der Waals surface area contributed by atoms with Crippen LogP contribution in [0.3, 0.4) is 0 Å². The molecule has 1 aromatic heterocycles. The van der Waals surface area contributed by atoms with E-state index in [1.54, 1.807) is 7.11 Å². The van der Waals surface area contributed by atoms with E-state index in [0.29, 0.717) is 0 Å². The van der Waals surface area contributed by atoms with Crippen LogP contribution in [0, 0.1) is 0 Å². The molecule has 0 bridgehead atoms.